The molecule has 1 atom stereocenters. The maximum absolute atomic E-state index is 16.0. The Hall–Kier alpha value is -5.83. The molecule has 4 fully saturated rings. The highest BCUT2D eigenvalue weighted by molar-refractivity contribution is 6.33. The fourth-order valence-electron chi connectivity index (χ4n) is 10.2. The van der Waals surface area contributed by atoms with Crippen LogP contribution in [0.5, 0.6) is 5.75 Å². The van der Waals surface area contributed by atoms with Crippen LogP contribution in [0.3, 0.4) is 0 Å². The second-order valence-corrected chi connectivity index (χ2v) is 17.6. The van der Waals surface area contributed by atoms with Gasteiger partial charge in [0.05, 0.1) is 34.8 Å². The first-order chi connectivity index (χ1) is 27.6. The number of piperidine rings is 1. The number of likely N-dealkylation sites (tertiary alicyclic amines) is 1. The van der Waals surface area contributed by atoms with E-state index in [0.29, 0.717) is 35.1 Å². The van der Waals surface area contributed by atoms with Gasteiger partial charge in [-0.1, -0.05) is 51.3 Å². The smallest absolute Gasteiger partial charge is 0.262 e. The summed E-state index contributed by atoms with van der Waals surface area (Å²) < 4.78 is 22.4. The third-order valence-corrected chi connectivity index (χ3v) is 13.1. The number of nitrogens with zero attached hydrogens (tertiary/aromatic N) is 6. The number of rotatable bonds is 6. The van der Waals surface area contributed by atoms with E-state index in [1.54, 1.807) is 41.3 Å². The van der Waals surface area contributed by atoms with Gasteiger partial charge in [0.25, 0.3) is 17.7 Å². The van der Waals surface area contributed by atoms with Gasteiger partial charge in [0, 0.05) is 78.9 Å². The maximum atomic E-state index is 16.0. The van der Waals surface area contributed by atoms with E-state index in [1.165, 1.54) is 6.20 Å². The molecule has 1 aliphatic carbocycles. The van der Waals surface area contributed by atoms with Crippen LogP contribution in [0.4, 0.5) is 15.8 Å². The van der Waals surface area contributed by atoms with Crippen molar-refractivity contribution in [2.24, 2.45) is 16.7 Å². The molecule has 296 valence electrons. The molecular formula is C43H39ClFN7O6. The SMILES string of the molecule is [C-]#[N+]c1ccc(OC2C(C)(C)C(N3Cc4c(cnc(C#CC5CN(C6CN(c7ccc8c(c7)C(=O)N(C7CCC(=O)NC7=O)C8=O)C6)C5)c4F)C3=O)C2(C)C)cc1Cl. The van der Waals surface area contributed by atoms with Crippen LogP contribution in [0.25, 0.3) is 4.85 Å². The Morgan fingerprint density at radius 1 is 0.948 bits per heavy atom. The minimum Gasteiger partial charge on any atom is -0.489 e. The number of carbonyl (C=O) groups is 5. The highest BCUT2D eigenvalue weighted by Gasteiger charge is 2.67. The van der Waals surface area contributed by atoms with E-state index in [-0.39, 0.29) is 71.8 Å². The van der Waals surface area contributed by atoms with Crippen LogP contribution in [0.1, 0.15) is 82.9 Å². The third kappa shape index (κ3) is 5.76. The van der Waals surface area contributed by atoms with Gasteiger partial charge < -0.3 is 14.5 Å². The van der Waals surface area contributed by atoms with Gasteiger partial charge in [-0.3, -0.25) is 39.1 Å². The highest BCUT2D eigenvalue weighted by Crippen LogP contribution is 2.59. The Kier molecular flexibility index (Phi) is 8.69. The van der Waals surface area contributed by atoms with Crippen molar-refractivity contribution in [1.29, 1.82) is 0 Å². The van der Waals surface area contributed by atoms with Crippen molar-refractivity contribution < 1.29 is 33.1 Å². The monoisotopic (exact) mass is 803 g/mol. The van der Waals surface area contributed by atoms with Crippen LogP contribution in [0.2, 0.25) is 5.02 Å². The Morgan fingerprint density at radius 2 is 1.67 bits per heavy atom. The number of benzene rings is 2. The summed E-state index contributed by atoms with van der Waals surface area (Å²) in [5.41, 5.74) is 1.23. The second-order valence-electron chi connectivity index (χ2n) is 17.2. The lowest BCUT2D eigenvalue weighted by Crippen LogP contribution is -2.74. The molecule has 0 bridgehead atoms. The zero-order valence-corrected chi connectivity index (χ0v) is 33.0. The maximum Gasteiger partial charge on any atom is 0.262 e. The molecule has 3 saturated heterocycles. The lowest BCUT2D eigenvalue weighted by molar-refractivity contribution is -0.199. The molecule has 6 heterocycles. The number of pyridine rings is 1. The molecule has 1 aromatic heterocycles. The molecule has 3 aromatic rings. The fraction of sp³-hybridized carbons (Fsp3) is 0.419. The van der Waals surface area contributed by atoms with Crippen LogP contribution in [-0.2, 0) is 16.1 Å². The molecule has 15 heteroatoms. The summed E-state index contributed by atoms with van der Waals surface area (Å²) in [6.45, 7) is 18.4. The van der Waals surface area contributed by atoms with Crippen molar-refractivity contribution in [2.45, 2.75) is 71.3 Å². The number of fused-ring (bicyclic) bond motifs is 2. The van der Waals surface area contributed by atoms with Crippen molar-refractivity contribution in [3.63, 3.8) is 0 Å². The molecule has 1 unspecified atom stereocenters. The second kappa shape index (κ2) is 13.4. The van der Waals surface area contributed by atoms with E-state index in [9.17, 15) is 24.0 Å². The van der Waals surface area contributed by atoms with Crippen LogP contribution in [0.15, 0.2) is 42.6 Å². The van der Waals surface area contributed by atoms with Gasteiger partial charge in [0.2, 0.25) is 17.5 Å². The molecule has 1 N–H and O–H groups in total. The van der Waals surface area contributed by atoms with Gasteiger partial charge in [-0.2, -0.15) is 0 Å². The number of ether oxygens (including phenoxy) is 1. The summed E-state index contributed by atoms with van der Waals surface area (Å²) in [5.74, 6) is 3.74. The Bertz CT molecular complexity index is 2460. The van der Waals surface area contributed by atoms with Crippen molar-refractivity contribution in [2.75, 3.05) is 31.1 Å². The number of carbonyl (C=O) groups excluding carboxylic acids is 5. The minimum absolute atomic E-state index is 0.0237. The fourth-order valence-corrected chi connectivity index (χ4v) is 10.4. The van der Waals surface area contributed by atoms with Gasteiger partial charge in [-0.05, 0) is 42.7 Å². The van der Waals surface area contributed by atoms with Crippen molar-refractivity contribution >= 4 is 52.5 Å². The molecule has 13 nitrogen and oxygen atoms in total. The number of imide groups is 2. The third-order valence-electron chi connectivity index (χ3n) is 12.8. The number of nitrogens with one attached hydrogen (secondary N) is 1. The van der Waals surface area contributed by atoms with Crippen LogP contribution in [-0.4, -0.2) is 99.6 Å². The Balaban J connectivity index is 0.799. The van der Waals surface area contributed by atoms with Crippen molar-refractivity contribution in [3.8, 4) is 17.6 Å². The van der Waals surface area contributed by atoms with Crippen LogP contribution < -0.4 is 15.0 Å². The topological polar surface area (TPSA) is 137 Å². The molecule has 1 saturated carbocycles. The first-order valence-corrected chi connectivity index (χ1v) is 19.6. The molecule has 0 spiro atoms. The molecular weight excluding hydrogens is 765 g/mol. The van der Waals surface area contributed by atoms with E-state index in [2.05, 4.69) is 36.8 Å². The predicted octanol–water partition coefficient (Wildman–Crippen LogP) is 4.84. The number of amides is 5. The molecule has 9 rings (SSSR count). The Labute approximate surface area is 339 Å². The zero-order valence-electron chi connectivity index (χ0n) is 32.3. The molecule has 6 aliphatic rings. The number of hydrogen-bond donors (Lipinski definition) is 1. The molecule has 5 amide bonds. The predicted molar refractivity (Wildman–Crippen MR) is 209 cm³/mol. The van der Waals surface area contributed by atoms with Gasteiger partial charge in [0.15, 0.2) is 5.82 Å². The number of anilines is 1. The highest BCUT2D eigenvalue weighted by atomic mass is 35.5. The van der Waals surface area contributed by atoms with Gasteiger partial charge in [0.1, 0.15) is 23.6 Å². The lowest BCUT2D eigenvalue weighted by Gasteiger charge is -2.65. The van der Waals surface area contributed by atoms with E-state index < -0.39 is 46.3 Å². The van der Waals surface area contributed by atoms with Crippen LogP contribution in [0, 0.1) is 41.0 Å². The minimum atomic E-state index is -1.01. The van der Waals surface area contributed by atoms with Gasteiger partial charge >= 0.3 is 0 Å². The largest absolute Gasteiger partial charge is 0.489 e. The van der Waals surface area contributed by atoms with Crippen molar-refractivity contribution in [3.05, 3.63) is 92.8 Å². The summed E-state index contributed by atoms with van der Waals surface area (Å²) in [6, 6.07) is 9.10. The molecule has 58 heavy (non-hydrogen) atoms. The summed E-state index contributed by atoms with van der Waals surface area (Å²) in [5, 5.41) is 2.52. The summed E-state index contributed by atoms with van der Waals surface area (Å²) in [7, 11) is 0. The summed E-state index contributed by atoms with van der Waals surface area (Å²) in [6.07, 6.45) is 1.31. The number of aromatic nitrogens is 1. The lowest BCUT2D eigenvalue weighted by atomic mass is 9.49. The first-order valence-electron chi connectivity index (χ1n) is 19.3. The summed E-state index contributed by atoms with van der Waals surface area (Å²) >= 11 is 6.26. The molecule has 0 radical (unpaired) electrons. The van der Waals surface area contributed by atoms with E-state index in [1.807, 2.05) is 27.7 Å². The van der Waals surface area contributed by atoms with Gasteiger partial charge in [-0.25, -0.2) is 14.2 Å². The Morgan fingerprint density at radius 3 is 2.36 bits per heavy atom. The van der Waals surface area contributed by atoms with Crippen molar-refractivity contribution in [1.82, 2.24) is 25.0 Å². The number of hydrogen-bond acceptors (Lipinski definition) is 9. The van der Waals surface area contributed by atoms with E-state index in [4.69, 9.17) is 22.9 Å². The molecule has 2 aromatic carbocycles. The van der Waals surface area contributed by atoms with Crippen LogP contribution >= 0.6 is 11.6 Å². The average Bonchev–Trinajstić information content (AvgIpc) is 3.59. The van der Waals surface area contributed by atoms with E-state index >= 15 is 4.39 Å². The van der Waals surface area contributed by atoms with Gasteiger partial charge in [-0.15, -0.1) is 0 Å². The summed E-state index contributed by atoms with van der Waals surface area (Å²) in [4.78, 5) is 78.9. The number of halogens is 2. The molecule has 5 aliphatic heterocycles. The zero-order chi connectivity index (χ0) is 41.0. The standard InChI is InChI=1S/C43H39ClFN7O6/c1-42(2)40(43(3,4)41(42)58-25-8-11-31(46-5)30(44)15-25)51-21-29-28(37(51)55)16-47-32(35(29)45)10-6-22-17-49(18-22)24-19-50(20-24)23-7-9-26-27(14-23)39(57)52(38(26)56)33-12-13-34(53)48-36(33)54/h7-9,11,14-16,22,24,33,40-41H,12-13,17-21H2,1-4H3,(H,48,53,54). The first kappa shape index (κ1) is 37.7. The normalized spacial score (nSPS) is 24.9. The quantitative estimate of drug-likeness (QED) is 0.211. The van der Waals surface area contributed by atoms with E-state index in [0.717, 1.165) is 23.7 Å². The average molecular weight is 804 g/mol.